The molecule has 22 heavy (non-hydrogen) atoms. The molecule has 0 aromatic heterocycles. The van der Waals surface area contributed by atoms with Gasteiger partial charge in [0.25, 0.3) is 0 Å². The van der Waals surface area contributed by atoms with Crippen molar-refractivity contribution in [2.75, 3.05) is 13.1 Å². The molecule has 6 heteroatoms. The Morgan fingerprint density at radius 1 is 1.18 bits per heavy atom. The summed E-state index contributed by atoms with van der Waals surface area (Å²) < 4.78 is 37.7. The Morgan fingerprint density at radius 2 is 1.86 bits per heavy atom. The van der Waals surface area contributed by atoms with Gasteiger partial charge < -0.3 is 10.2 Å². The van der Waals surface area contributed by atoms with Crippen molar-refractivity contribution in [3.8, 4) is 0 Å². The van der Waals surface area contributed by atoms with E-state index in [9.17, 15) is 18.0 Å². The molecule has 1 amide bonds. The first-order valence-electron chi connectivity index (χ1n) is 7.62. The van der Waals surface area contributed by atoms with Crippen LogP contribution in [0.2, 0.25) is 0 Å². The summed E-state index contributed by atoms with van der Waals surface area (Å²) in [5, 5.41) is 3.18. The first-order chi connectivity index (χ1) is 10.4. The van der Waals surface area contributed by atoms with E-state index in [1.54, 1.807) is 0 Å². The van der Waals surface area contributed by atoms with Crippen LogP contribution in [0.15, 0.2) is 24.3 Å². The highest BCUT2D eigenvalue weighted by Crippen LogP contribution is 2.32. The number of hydrogen-bond donors (Lipinski definition) is 1. The fourth-order valence-corrected chi connectivity index (χ4v) is 2.87. The Bertz CT molecular complexity index is 531. The highest BCUT2D eigenvalue weighted by atomic mass is 19.4. The van der Waals surface area contributed by atoms with Crippen molar-refractivity contribution >= 4 is 5.91 Å². The Morgan fingerprint density at radius 3 is 2.36 bits per heavy atom. The van der Waals surface area contributed by atoms with E-state index in [1.165, 1.54) is 12.1 Å². The lowest BCUT2D eigenvalue weighted by molar-refractivity contribution is -0.138. The number of carbonyl (C=O) groups is 1. The second-order valence-electron chi connectivity index (χ2n) is 6.08. The van der Waals surface area contributed by atoms with Gasteiger partial charge in [0.15, 0.2) is 0 Å². The molecule has 3 rings (SSSR count). The molecule has 1 aromatic carbocycles. The number of alkyl halides is 3. The van der Waals surface area contributed by atoms with E-state index in [0.29, 0.717) is 13.1 Å². The van der Waals surface area contributed by atoms with Gasteiger partial charge in [-0.2, -0.15) is 13.2 Å². The molecule has 1 saturated carbocycles. The molecule has 1 aliphatic carbocycles. The van der Waals surface area contributed by atoms with Gasteiger partial charge in [-0.25, -0.2) is 0 Å². The van der Waals surface area contributed by atoms with Gasteiger partial charge in [0, 0.05) is 19.1 Å². The summed E-state index contributed by atoms with van der Waals surface area (Å²) in [5.74, 6) is 0.141. The maximum absolute atomic E-state index is 12.6. The van der Waals surface area contributed by atoms with Gasteiger partial charge in [-0.1, -0.05) is 12.1 Å². The summed E-state index contributed by atoms with van der Waals surface area (Å²) in [4.78, 5) is 14.4. The molecule has 0 bridgehead atoms. The lowest BCUT2D eigenvalue weighted by Crippen LogP contribution is -2.38. The third-order valence-electron chi connectivity index (χ3n) is 4.31. The molecule has 1 aliphatic heterocycles. The molecule has 1 N–H and O–H groups in total. The van der Waals surface area contributed by atoms with E-state index < -0.39 is 11.7 Å². The van der Waals surface area contributed by atoms with Crippen LogP contribution >= 0.6 is 0 Å². The van der Waals surface area contributed by atoms with Crippen LogP contribution in [0, 0.1) is 5.92 Å². The van der Waals surface area contributed by atoms with Crippen molar-refractivity contribution in [3.05, 3.63) is 35.4 Å². The van der Waals surface area contributed by atoms with Crippen LogP contribution in [-0.2, 0) is 17.5 Å². The largest absolute Gasteiger partial charge is 0.416 e. The minimum atomic E-state index is -4.32. The monoisotopic (exact) mass is 312 g/mol. The van der Waals surface area contributed by atoms with E-state index in [4.69, 9.17) is 0 Å². The van der Waals surface area contributed by atoms with Crippen LogP contribution in [0.5, 0.6) is 0 Å². The average molecular weight is 312 g/mol. The molecule has 0 spiro atoms. The molecule has 1 heterocycles. The molecule has 1 saturated heterocycles. The first-order valence-corrected chi connectivity index (χ1v) is 7.62. The summed E-state index contributed by atoms with van der Waals surface area (Å²) in [6.07, 6.45) is -1.49. The maximum Gasteiger partial charge on any atom is 0.416 e. The molecular formula is C16H19F3N2O. The molecule has 2 aliphatic rings. The van der Waals surface area contributed by atoms with Gasteiger partial charge in [-0.05, 0) is 43.5 Å². The number of halogens is 3. The third kappa shape index (κ3) is 3.43. The zero-order valence-electron chi connectivity index (χ0n) is 12.2. The summed E-state index contributed by atoms with van der Waals surface area (Å²) >= 11 is 0. The van der Waals surface area contributed by atoms with Crippen LogP contribution in [0.1, 0.15) is 30.4 Å². The van der Waals surface area contributed by atoms with Crippen LogP contribution in [0.25, 0.3) is 0 Å². The number of carbonyl (C=O) groups excluding carboxylic acids is 1. The molecule has 1 unspecified atom stereocenters. The summed E-state index contributed by atoms with van der Waals surface area (Å²) in [6, 6.07) is 5.37. The number of rotatable bonds is 4. The molecule has 1 atom stereocenters. The van der Waals surface area contributed by atoms with Gasteiger partial charge in [-0.3, -0.25) is 4.79 Å². The van der Waals surface area contributed by atoms with Crippen LogP contribution in [-0.4, -0.2) is 29.9 Å². The van der Waals surface area contributed by atoms with Crippen molar-refractivity contribution in [1.29, 1.82) is 0 Å². The third-order valence-corrected chi connectivity index (χ3v) is 4.31. The van der Waals surface area contributed by atoms with Gasteiger partial charge in [0.2, 0.25) is 5.91 Å². The van der Waals surface area contributed by atoms with E-state index >= 15 is 0 Å². The fraction of sp³-hybridized carbons (Fsp3) is 0.562. The number of amides is 1. The van der Waals surface area contributed by atoms with E-state index in [1.807, 2.05) is 4.90 Å². The molecule has 120 valence electrons. The topological polar surface area (TPSA) is 32.3 Å². The number of nitrogens with zero attached hydrogens (tertiary/aromatic N) is 1. The minimum absolute atomic E-state index is 0.00930. The lowest BCUT2D eigenvalue weighted by Gasteiger charge is -2.25. The zero-order chi connectivity index (χ0) is 15.7. The fourth-order valence-electron chi connectivity index (χ4n) is 2.87. The van der Waals surface area contributed by atoms with Gasteiger partial charge in [0.05, 0.1) is 11.5 Å². The Labute approximate surface area is 127 Å². The Hall–Kier alpha value is -1.56. The second kappa shape index (κ2) is 5.91. The molecular weight excluding hydrogens is 293 g/mol. The van der Waals surface area contributed by atoms with E-state index in [-0.39, 0.29) is 17.9 Å². The zero-order valence-corrected chi connectivity index (χ0v) is 12.2. The van der Waals surface area contributed by atoms with Crippen molar-refractivity contribution < 1.29 is 18.0 Å². The van der Waals surface area contributed by atoms with Crippen LogP contribution in [0.3, 0.4) is 0 Å². The number of nitrogens with one attached hydrogen (secondary N) is 1. The predicted molar refractivity (Wildman–Crippen MR) is 76.0 cm³/mol. The predicted octanol–water partition coefficient (Wildman–Crippen LogP) is 2.81. The quantitative estimate of drug-likeness (QED) is 0.927. The second-order valence-corrected chi connectivity index (χ2v) is 6.08. The smallest absolute Gasteiger partial charge is 0.335 e. The summed E-state index contributed by atoms with van der Waals surface area (Å²) in [5.41, 5.74) is 0.0970. The van der Waals surface area contributed by atoms with Crippen molar-refractivity contribution in [1.82, 2.24) is 10.2 Å². The highest BCUT2D eigenvalue weighted by Gasteiger charge is 2.37. The van der Waals surface area contributed by atoms with Crippen LogP contribution in [0.4, 0.5) is 13.2 Å². The van der Waals surface area contributed by atoms with Crippen molar-refractivity contribution in [2.24, 2.45) is 5.92 Å². The van der Waals surface area contributed by atoms with E-state index in [2.05, 4.69) is 5.32 Å². The number of benzene rings is 1. The number of hydrogen-bond acceptors (Lipinski definition) is 2. The molecule has 0 radical (unpaired) electrons. The van der Waals surface area contributed by atoms with Crippen LogP contribution < -0.4 is 5.32 Å². The van der Waals surface area contributed by atoms with Crippen molar-refractivity contribution in [2.45, 2.75) is 38.0 Å². The minimum Gasteiger partial charge on any atom is -0.335 e. The highest BCUT2D eigenvalue weighted by molar-refractivity contribution is 5.80. The summed E-state index contributed by atoms with van der Waals surface area (Å²) in [7, 11) is 0. The Balaban J connectivity index is 1.70. The maximum atomic E-state index is 12.6. The standard InChI is InChI=1S/C16H19F3N2O/c17-16(18,19)13-3-1-11(2-4-13)10-21(14-5-6-14)15(22)12-7-8-20-9-12/h1-4,12,14,20H,5-10H2. The normalized spacial score (nSPS) is 21.9. The van der Waals surface area contributed by atoms with E-state index in [0.717, 1.165) is 43.5 Å². The summed E-state index contributed by atoms with van der Waals surface area (Å²) in [6.45, 7) is 1.96. The van der Waals surface area contributed by atoms with Gasteiger partial charge >= 0.3 is 6.18 Å². The average Bonchev–Trinajstić information content (AvgIpc) is 3.17. The molecule has 1 aromatic rings. The Kier molecular flexibility index (Phi) is 4.12. The molecule has 3 nitrogen and oxygen atoms in total. The van der Waals surface area contributed by atoms with Gasteiger partial charge in [-0.15, -0.1) is 0 Å². The first kappa shape index (κ1) is 15.3. The molecule has 2 fully saturated rings. The van der Waals surface area contributed by atoms with Gasteiger partial charge in [0.1, 0.15) is 0 Å². The lowest BCUT2D eigenvalue weighted by atomic mass is 10.1. The SMILES string of the molecule is O=C(C1CCNC1)N(Cc1ccc(C(F)(F)F)cc1)C1CC1. The van der Waals surface area contributed by atoms with Crippen molar-refractivity contribution in [3.63, 3.8) is 0 Å².